The van der Waals surface area contributed by atoms with Crippen LogP contribution < -0.4 is 0 Å². The molecule has 0 amide bonds. The zero-order chi connectivity index (χ0) is 12.4. The van der Waals surface area contributed by atoms with Gasteiger partial charge in [-0.1, -0.05) is 32.1 Å². The summed E-state index contributed by atoms with van der Waals surface area (Å²) >= 11 is 0. The molecule has 3 fully saturated rings. The third-order valence-corrected chi connectivity index (χ3v) is 5.76. The van der Waals surface area contributed by atoms with E-state index in [-0.39, 0.29) is 5.41 Å². The SMILES string of the molecule is O=CC1(CN2CCC3CCCCC3C2)CCCC1. The lowest BCUT2D eigenvalue weighted by Crippen LogP contribution is -2.46. The Kier molecular flexibility index (Phi) is 3.74. The molecule has 0 aromatic heterocycles. The van der Waals surface area contributed by atoms with Crippen LogP contribution in [0.3, 0.4) is 0 Å². The number of aldehydes is 1. The molecule has 2 unspecified atom stereocenters. The van der Waals surface area contributed by atoms with Crippen LogP contribution in [0.1, 0.15) is 57.8 Å². The Bertz CT molecular complexity index is 295. The minimum atomic E-state index is 0.0293. The van der Waals surface area contributed by atoms with Crippen molar-refractivity contribution < 1.29 is 4.79 Å². The van der Waals surface area contributed by atoms with Gasteiger partial charge in [0.2, 0.25) is 0 Å². The second-order valence-electron chi connectivity index (χ2n) is 7.02. The standard InChI is InChI=1S/C16H27NO/c18-13-16(8-3-4-9-16)12-17-10-7-14-5-1-2-6-15(14)11-17/h13-15H,1-12H2. The number of carbonyl (C=O) groups is 1. The van der Waals surface area contributed by atoms with E-state index >= 15 is 0 Å². The summed E-state index contributed by atoms with van der Waals surface area (Å²) in [5.41, 5.74) is 0.0293. The Morgan fingerprint density at radius 1 is 1.00 bits per heavy atom. The van der Waals surface area contributed by atoms with Gasteiger partial charge < -0.3 is 9.69 Å². The van der Waals surface area contributed by atoms with E-state index in [0.717, 1.165) is 31.2 Å². The van der Waals surface area contributed by atoms with Gasteiger partial charge in [0.25, 0.3) is 0 Å². The van der Waals surface area contributed by atoms with Crippen LogP contribution in [0.4, 0.5) is 0 Å². The smallest absolute Gasteiger partial charge is 0.127 e. The zero-order valence-electron chi connectivity index (χ0n) is 11.6. The van der Waals surface area contributed by atoms with Crippen LogP contribution in [0.5, 0.6) is 0 Å². The van der Waals surface area contributed by atoms with Crippen LogP contribution in [0.25, 0.3) is 0 Å². The molecule has 3 rings (SSSR count). The predicted octanol–water partition coefficient (Wildman–Crippen LogP) is 3.26. The number of piperidine rings is 1. The molecule has 0 radical (unpaired) electrons. The van der Waals surface area contributed by atoms with Gasteiger partial charge in [0.1, 0.15) is 6.29 Å². The van der Waals surface area contributed by atoms with Gasteiger partial charge in [0, 0.05) is 18.5 Å². The minimum Gasteiger partial charge on any atom is -0.303 e. The molecule has 0 bridgehead atoms. The molecule has 1 heterocycles. The van der Waals surface area contributed by atoms with E-state index < -0.39 is 0 Å². The molecule has 0 N–H and O–H groups in total. The van der Waals surface area contributed by atoms with Crippen LogP contribution in [0.15, 0.2) is 0 Å². The van der Waals surface area contributed by atoms with E-state index in [9.17, 15) is 4.79 Å². The molecule has 18 heavy (non-hydrogen) atoms. The van der Waals surface area contributed by atoms with E-state index in [0.29, 0.717) is 0 Å². The van der Waals surface area contributed by atoms with Crippen molar-refractivity contribution in [1.82, 2.24) is 4.90 Å². The quantitative estimate of drug-likeness (QED) is 0.716. The summed E-state index contributed by atoms with van der Waals surface area (Å²) in [7, 11) is 0. The van der Waals surface area contributed by atoms with Crippen molar-refractivity contribution in [3.8, 4) is 0 Å². The van der Waals surface area contributed by atoms with Gasteiger partial charge in [-0.25, -0.2) is 0 Å². The lowest BCUT2D eigenvalue weighted by Gasteiger charge is -2.43. The largest absolute Gasteiger partial charge is 0.303 e. The van der Waals surface area contributed by atoms with E-state index in [2.05, 4.69) is 4.90 Å². The van der Waals surface area contributed by atoms with Gasteiger partial charge in [-0.15, -0.1) is 0 Å². The van der Waals surface area contributed by atoms with Crippen LogP contribution >= 0.6 is 0 Å². The number of likely N-dealkylation sites (tertiary alicyclic amines) is 1. The normalized spacial score (nSPS) is 36.2. The highest BCUT2D eigenvalue weighted by atomic mass is 16.1. The number of hydrogen-bond donors (Lipinski definition) is 0. The van der Waals surface area contributed by atoms with Crippen molar-refractivity contribution in [1.29, 1.82) is 0 Å². The maximum absolute atomic E-state index is 11.5. The Hall–Kier alpha value is -0.370. The highest BCUT2D eigenvalue weighted by molar-refractivity contribution is 5.60. The first-order chi connectivity index (χ1) is 8.81. The fraction of sp³-hybridized carbons (Fsp3) is 0.938. The summed E-state index contributed by atoms with van der Waals surface area (Å²) < 4.78 is 0. The topological polar surface area (TPSA) is 20.3 Å². The van der Waals surface area contributed by atoms with Crippen LogP contribution in [0.2, 0.25) is 0 Å². The average molecular weight is 249 g/mol. The molecule has 1 saturated heterocycles. The second-order valence-corrected chi connectivity index (χ2v) is 7.02. The summed E-state index contributed by atoms with van der Waals surface area (Å²) in [6.45, 7) is 3.58. The van der Waals surface area contributed by atoms with E-state index in [1.165, 1.54) is 64.3 Å². The number of rotatable bonds is 3. The maximum Gasteiger partial charge on any atom is 0.127 e. The lowest BCUT2D eigenvalue weighted by molar-refractivity contribution is -0.117. The van der Waals surface area contributed by atoms with Gasteiger partial charge in [-0.3, -0.25) is 0 Å². The molecule has 0 aromatic carbocycles. The van der Waals surface area contributed by atoms with Crippen molar-refractivity contribution in [2.75, 3.05) is 19.6 Å². The molecule has 1 aliphatic heterocycles. The van der Waals surface area contributed by atoms with Gasteiger partial charge in [0.05, 0.1) is 0 Å². The lowest BCUT2D eigenvalue weighted by atomic mass is 9.74. The molecule has 2 nitrogen and oxygen atoms in total. The predicted molar refractivity (Wildman–Crippen MR) is 73.5 cm³/mol. The highest BCUT2D eigenvalue weighted by Crippen LogP contribution is 2.40. The Morgan fingerprint density at radius 2 is 1.72 bits per heavy atom. The molecule has 3 aliphatic rings. The Balaban J connectivity index is 1.58. The molecule has 0 spiro atoms. The van der Waals surface area contributed by atoms with Gasteiger partial charge in [0.15, 0.2) is 0 Å². The molecule has 2 saturated carbocycles. The van der Waals surface area contributed by atoms with Gasteiger partial charge in [-0.2, -0.15) is 0 Å². The molecule has 2 aliphatic carbocycles. The fourth-order valence-corrected chi connectivity index (χ4v) is 4.66. The van der Waals surface area contributed by atoms with Crippen LogP contribution in [-0.4, -0.2) is 30.8 Å². The molecule has 0 aromatic rings. The van der Waals surface area contributed by atoms with E-state index in [1.807, 2.05) is 0 Å². The van der Waals surface area contributed by atoms with Crippen molar-refractivity contribution in [3.05, 3.63) is 0 Å². The van der Waals surface area contributed by atoms with E-state index in [1.54, 1.807) is 0 Å². The number of nitrogens with zero attached hydrogens (tertiary/aromatic N) is 1. The van der Waals surface area contributed by atoms with Crippen LogP contribution in [-0.2, 0) is 4.79 Å². The fourth-order valence-electron chi connectivity index (χ4n) is 4.66. The summed E-state index contributed by atoms with van der Waals surface area (Å²) in [6.07, 6.45) is 13.3. The molecular weight excluding hydrogens is 222 g/mol. The Morgan fingerprint density at radius 3 is 2.44 bits per heavy atom. The van der Waals surface area contributed by atoms with Crippen molar-refractivity contribution in [2.45, 2.75) is 57.8 Å². The monoisotopic (exact) mass is 249 g/mol. The number of hydrogen-bond acceptors (Lipinski definition) is 2. The number of fused-ring (bicyclic) bond motifs is 1. The minimum absolute atomic E-state index is 0.0293. The second kappa shape index (κ2) is 5.32. The summed E-state index contributed by atoms with van der Waals surface area (Å²) in [6, 6.07) is 0. The van der Waals surface area contributed by atoms with Gasteiger partial charge in [-0.05, 0) is 44.1 Å². The molecule has 102 valence electrons. The van der Waals surface area contributed by atoms with Crippen molar-refractivity contribution in [3.63, 3.8) is 0 Å². The summed E-state index contributed by atoms with van der Waals surface area (Å²) in [4.78, 5) is 14.1. The molecular formula is C16H27NO. The van der Waals surface area contributed by atoms with E-state index in [4.69, 9.17) is 0 Å². The third-order valence-electron chi connectivity index (χ3n) is 5.76. The first kappa shape index (κ1) is 12.7. The summed E-state index contributed by atoms with van der Waals surface area (Å²) in [5.74, 6) is 1.95. The van der Waals surface area contributed by atoms with Crippen LogP contribution in [0, 0.1) is 17.3 Å². The molecule has 2 heteroatoms. The number of carbonyl (C=O) groups excluding carboxylic acids is 1. The summed E-state index contributed by atoms with van der Waals surface area (Å²) in [5, 5.41) is 0. The van der Waals surface area contributed by atoms with Crippen molar-refractivity contribution >= 4 is 6.29 Å². The Labute approximate surface area is 111 Å². The zero-order valence-corrected chi connectivity index (χ0v) is 11.6. The first-order valence-corrected chi connectivity index (χ1v) is 8.00. The highest BCUT2D eigenvalue weighted by Gasteiger charge is 2.38. The molecule has 2 atom stereocenters. The van der Waals surface area contributed by atoms with Crippen molar-refractivity contribution in [2.24, 2.45) is 17.3 Å². The van der Waals surface area contributed by atoms with Gasteiger partial charge >= 0.3 is 0 Å². The average Bonchev–Trinajstić information content (AvgIpc) is 2.88. The maximum atomic E-state index is 11.5. The third kappa shape index (κ3) is 2.49. The first-order valence-electron chi connectivity index (χ1n) is 8.00.